The summed E-state index contributed by atoms with van der Waals surface area (Å²) in [5.41, 5.74) is 6.43. The van der Waals surface area contributed by atoms with Crippen molar-refractivity contribution in [3.05, 3.63) is 29.8 Å². The molecule has 0 aliphatic carbocycles. The van der Waals surface area contributed by atoms with E-state index in [0.717, 1.165) is 5.56 Å². The number of amides is 1. The minimum Gasteiger partial charge on any atom is -0.435 e. The Labute approximate surface area is 128 Å². The molecule has 1 rings (SSSR count). The molecule has 1 aromatic rings. The Morgan fingerprint density at radius 1 is 1.33 bits per heavy atom. The monoisotopic (exact) mass is 324 g/mol. The number of carbonyl (C=O) groups is 1. The van der Waals surface area contributed by atoms with Crippen LogP contribution in [-0.2, 0) is 16.1 Å². The van der Waals surface area contributed by atoms with Gasteiger partial charge >= 0.3 is 6.61 Å². The maximum atomic E-state index is 12.0. The van der Waals surface area contributed by atoms with E-state index in [1.54, 1.807) is 19.2 Å². The van der Waals surface area contributed by atoms with E-state index in [1.807, 2.05) is 0 Å². The van der Waals surface area contributed by atoms with Gasteiger partial charge in [0.25, 0.3) is 0 Å². The van der Waals surface area contributed by atoms with Gasteiger partial charge in [-0.05, 0) is 17.7 Å². The number of alkyl halides is 2. The molecule has 8 heteroatoms. The van der Waals surface area contributed by atoms with Crippen LogP contribution in [-0.4, -0.2) is 44.2 Å². The number of methoxy groups -OCH3 is 1. The smallest absolute Gasteiger partial charge is 0.387 e. The summed E-state index contributed by atoms with van der Waals surface area (Å²) < 4.78 is 33.1. The Bertz CT molecular complexity index is 432. The van der Waals surface area contributed by atoms with Crippen LogP contribution in [0.4, 0.5) is 8.78 Å². The highest BCUT2D eigenvalue weighted by atomic mass is 35.5. The molecule has 21 heavy (non-hydrogen) atoms. The quantitative estimate of drug-likeness (QED) is 0.828. The van der Waals surface area contributed by atoms with Gasteiger partial charge in [0.2, 0.25) is 5.91 Å². The molecular formula is C13H19ClF2N2O3. The van der Waals surface area contributed by atoms with E-state index in [4.69, 9.17) is 10.5 Å². The Morgan fingerprint density at radius 3 is 2.38 bits per heavy atom. The number of hydrogen-bond donors (Lipinski definition) is 1. The fourth-order valence-corrected chi connectivity index (χ4v) is 1.66. The standard InChI is InChI=1S/C13H18F2N2O3.ClH/c1-17(12(18)11(16)8-19-2)7-9-3-5-10(6-4-9)20-13(14)15;/h3-6,11,13H,7-8,16H2,1-2H3;1H. The lowest BCUT2D eigenvalue weighted by atomic mass is 10.2. The number of ether oxygens (including phenoxy) is 2. The lowest BCUT2D eigenvalue weighted by Crippen LogP contribution is -2.44. The number of benzene rings is 1. The van der Waals surface area contributed by atoms with Crippen molar-refractivity contribution in [2.45, 2.75) is 19.2 Å². The molecule has 120 valence electrons. The zero-order valence-electron chi connectivity index (χ0n) is 11.8. The molecule has 0 fully saturated rings. The summed E-state index contributed by atoms with van der Waals surface area (Å²) in [5, 5.41) is 0. The lowest BCUT2D eigenvalue weighted by Gasteiger charge is -2.21. The third-order valence-corrected chi connectivity index (χ3v) is 2.61. The summed E-state index contributed by atoms with van der Waals surface area (Å²) in [6.07, 6.45) is 0. The molecule has 0 bridgehead atoms. The Hall–Kier alpha value is -1.44. The summed E-state index contributed by atoms with van der Waals surface area (Å²) in [6.45, 7) is -2.38. The first kappa shape index (κ1) is 19.6. The van der Waals surface area contributed by atoms with Crippen LogP contribution in [0.3, 0.4) is 0 Å². The van der Waals surface area contributed by atoms with Crippen LogP contribution in [0, 0.1) is 0 Å². The number of carbonyl (C=O) groups excluding carboxylic acids is 1. The van der Waals surface area contributed by atoms with Crippen LogP contribution in [0.1, 0.15) is 5.56 Å². The predicted molar refractivity (Wildman–Crippen MR) is 76.6 cm³/mol. The van der Waals surface area contributed by atoms with Crippen LogP contribution in [0.2, 0.25) is 0 Å². The maximum Gasteiger partial charge on any atom is 0.387 e. The van der Waals surface area contributed by atoms with Crippen molar-refractivity contribution in [1.29, 1.82) is 0 Å². The number of nitrogens with two attached hydrogens (primary N) is 1. The van der Waals surface area contributed by atoms with E-state index < -0.39 is 12.7 Å². The summed E-state index contributed by atoms with van der Waals surface area (Å²) in [6, 6.07) is 5.36. The van der Waals surface area contributed by atoms with Gasteiger partial charge in [0, 0.05) is 20.7 Å². The summed E-state index contributed by atoms with van der Waals surface area (Å²) in [5.74, 6) is -0.173. The number of hydrogen-bond acceptors (Lipinski definition) is 4. The minimum atomic E-state index is -2.85. The van der Waals surface area contributed by atoms with Gasteiger partial charge in [-0.15, -0.1) is 12.4 Å². The van der Waals surface area contributed by atoms with Gasteiger partial charge in [0.05, 0.1) is 6.61 Å². The Kier molecular flexibility index (Phi) is 8.84. The number of nitrogens with zero attached hydrogens (tertiary/aromatic N) is 1. The highest BCUT2D eigenvalue weighted by Crippen LogP contribution is 2.15. The molecule has 2 N–H and O–H groups in total. The van der Waals surface area contributed by atoms with Crippen LogP contribution in [0.25, 0.3) is 0 Å². The van der Waals surface area contributed by atoms with E-state index in [1.165, 1.54) is 24.1 Å². The molecule has 0 radical (unpaired) electrons. The normalized spacial score (nSPS) is 11.7. The Morgan fingerprint density at radius 2 is 1.90 bits per heavy atom. The van der Waals surface area contributed by atoms with Gasteiger partial charge in [0.1, 0.15) is 11.8 Å². The fourth-order valence-electron chi connectivity index (χ4n) is 1.66. The molecule has 0 heterocycles. The third kappa shape index (κ3) is 6.70. The van der Waals surface area contributed by atoms with Crippen LogP contribution >= 0.6 is 12.4 Å². The van der Waals surface area contributed by atoms with Crippen molar-refractivity contribution in [3.8, 4) is 5.75 Å². The highest BCUT2D eigenvalue weighted by Gasteiger charge is 2.17. The molecule has 0 aliphatic rings. The average molecular weight is 325 g/mol. The predicted octanol–water partition coefficient (Wildman–Crippen LogP) is 1.64. The maximum absolute atomic E-state index is 12.0. The van der Waals surface area contributed by atoms with Crippen molar-refractivity contribution in [2.75, 3.05) is 20.8 Å². The first-order chi connectivity index (χ1) is 9.43. The third-order valence-electron chi connectivity index (χ3n) is 2.61. The first-order valence-electron chi connectivity index (χ1n) is 5.97. The zero-order valence-corrected chi connectivity index (χ0v) is 12.6. The molecule has 0 aliphatic heterocycles. The first-order valence-corrected chi connectivity index (χ1v) is 5.97. The molecule has 5 nitrogen and oxygen atoms in total. The van der Waals surface area contributed by atoms with Gasteiger partial charge in [-0.25, -0.2) is 0 Å². The summed E-state index contributed by atoms with van der Waals surface area (Å²) in [7, 11) is 3.08. The van der Waals surface area contributed by atoms with Crippen molar-refractivity contribution in [2.24, 2.45) is 5.73 Å². The molecule has 0 spiro atoms. The van der Waals surface area contributed by atoms with Crippen LogP contribution in [0.15, 0.2) is 24.3 Å². The molecule has 0 saturated carbocycles. The topological polar surface area (TPSA) is 64.8 Å². The van der Waals surface area contributed by atoms with Crippen LogP contribution < -0.4 is 10.5 Å². The molecule has 1 unspecified atom stereocenters. The van der Waals surface area contributed by atoms with E-state index >= 15 is 0 Å². The van der Waals surface area contributed by atoms with Crippen molar-refractivity contribution < 1.29 is 23.0 Å². The van der Waals surface area contributed by atoms with Gasteiger partial charge in [-0.3, -0.25) is 4.79 Å². The van der Waals surface area contributed by atoms with Crippen molar-refractivity contribution in [1.82, 2.24) is 4.90 Å². The van der Waals surface area contributed by atoms with E-state index in [-0.39, 0.29) is 30.7 Å². The largest absolute Gasteiger partial charge is 0.435 e. The number of halogens is 3. The van der Waals surface area contributed by atoms with Gasteiger partial charge in [-0.1, -0.05) is 12.1 Å². The molecule has 0 aromatic heterocycles. The number of rotatable bonds is 7. The second-order valence-electron chi connectivity index (χ2n) is 4.28. The fraction of sp³-hybridized carbons (Fsp3) is 0.462. The van der Waals surface area contributed by atoms with Crippen LogP contribution in [0.5, 0.6) is 5.75 Å². The highest BCUT2D eigenvalue weighted by molar-refractivity contribution is 5.85. The molecular weight excluding hydrogens is 306 g/mol. The lowest BCUT2D eigenvalue weighted by molar-refractivity contribution is -0.132. The van der Waals surface area contributed by atoms with E-state index in [0.29, 0.717) is 6.54 Å². The minimum absolute atomic E-state index is 0. The van der Waals surface area contributed by atoms with Crippen molar-refractivity contribution in [3.63, 3.8) is 0 Å². The van der Waals surface area contributed by atoms with Gasteiger partial charge < -0.3 is 20.1 Å². The zero-order chi connectivity index (χ0) is 15.1. The molecule has 1 atom stereocenters. The summed E-state index contributed by atoms with van der Waals surface area (Å²) in [4.78, 5) is 13.3. The second-order valence-corrected chi connectivity index (χ2v) is 4.28. The van der Waals surface area contributed by atoms with E-state index in [2.05, 4.69) is 4.74 Å². The van der Waals surface area contributed by atoms with Gasteiger partial charge in [-0.2, -0.15) is 8.78 Å². The molecule has 1 aromatic carbocycles. The summed E-state index contributed by atoms with van der Waals surface area (Å²) >= 11 is 0. The molecule has 0 saturated heterocycles. The average Bonchev–Trinajstić information content (AvgIpc) is 2.39. The van der Waals surface area contributed by atoms with Gasteiger partial charge in [0.15, 0.2) is 0 Å². The Balaban J connectivity index is 0.00000400. The van der Waals surface area contributed by atoms with E-state index in [9.17, 15) is 13.6 Å². The number of likely N-dealkylation sites (N-methyl/N-ethyl adjacent to an activating group) is 1. The molecule has 1 amide bonds. The SMILES string of the molecule is COCC(N)C(=O)N(C)Cc1ccc(OC(F)F)cc1.Cl. The van der Waals surface area contributed by atoms with Crippen molar-refractivity contribution >= 4 is 18.3 Å². The second kappa shape index (κ2) is 9.49.